The number of anilines is 2. The van der Waals surface area contributed by atoms with Crippen LogP contribution < -0.4 is 11.1 Å². The third kappa shape index (κ3) is 2.75. The largest absolute Gasteiger partial charge is 0.383 e. The van der Waals surface area contributed by atoms with E-state index in [9.17, 15) is 0 Å². The second-order valence-electron chi connectivity index (χ2n) is 3.99. The van der Waals surface area contributed by atoms with Crippen LogP contribution >= 0.6 is 11.6 Å². The molecule has 3 N–H and O–H groups in total. The zero-order valence-corrected chi connectivity index (χ0v) is 11.1. The van der Waals surface area contributed by atoms with Crippen molar-refractivity contribution in [3.05, 3.63) is 46.2 Å². The maximum atomic E-state index is 9.06. The second kappa shape index (κ2) is 5.55. The summed E-state index contributed by atoms with van der Waals surface area (Å²) in [6.07, 6.45) is 3.24. The number of nitrogens with two attached hydrogens (primary N) is 1. The first kappa shape index (κ1) is 13.1. The SMILES string of the molecule is Cc1ccnc(NCc2ccnc(N)c2C#N)c1Cl. The van der Waals surface area contributed by atoms with Crippen molar-refractivity contribution in [2.75, 3.05) is 11.1 Å². The number of aryl methyl sites for hydroxylation is 1. The highest BCUT2D eigenvalue weighted by atomic mass is 35.5. The lowest BCUT2D eigenvalue weighted by Crippen LogP contribution is -2.06. The molecule has 0 atom stereocenters. The molecule has 0 saturated carbocycles. The highest BCUT2D eigenvalue weighted by Crippen LogP contribution is 2.23. The number of nitrogens with zero attached hydrogens (tertiary/aromatic N) is 3. The molecule has 6 heteroatoms. The highest BCUT2D eigenvalue weighted by molar-refractivity contribution is 6.33. The maximum absolute atomic E-state index is 9.06. The molecule has 96 valence electrons. The average Bonchev–Trinajstić information content (AvgIpc) is 2.40. The molecule has 0 fully saturated rings. The fourth-order valence-electron chi connectivity index (χ4n) is 1.64. The Morgan fingerprint density at radius 3 is 2.84 bits per heavy atom. The monoisotopic (exact) mass is 273 g/mol. The van der Waals surface area contributed by atoms with Crippen LogP contribution in [0.25, 0.3) is 0 Å². The first-order valence-corrected chi connectivity index (χ1v) is 5.99. The number of nitriles is 1. The molecule has 0 spiro atoms. The number of hydrogen-bond acceptors (Lipinski definition) is 5. The summed E-state index contributed by atoms with van der Waals surface area (Å²) in [5, 5.41) is 12.7. The summed E-state index contributed by atoms with van der Waals surface area (Å²) in [6.45, 7) is 2.31. The Hall–Kier alpha value is -2.32. The first-order valence-electron chi connectivity index (χ1n) is 5.62. The number of halogens is 1. The molecule has 0 aromatic carbocycles. The highest BCUT2D eigenvalue weighted by Gasteiger charge is 2.08. The van der Waals surface area contributed by atoms with Crippen LogP contribution in [0.5, 0.6) is 0 Å². The summed E-state index contributed by atoms with van der Waals surface area (Å²) in [5.41, 5.74) is 7.72. The Morgan fingerprint density at radius 1 is 1.37 bits per heavy atom. The molecule has 0 bridgehead atoms. The van der Waals surface area contributed by atoms with Crippen LogP contribution in [0.4, 0.5) is 11.6 Å². The lowest BCUT2D eigenvalue weighted by Gasteiger charge is -2.10. The summed E-state index contributed by atoms with van der Waals surface area (Å²) < 4.78 is 0. The van der Waals surface area contributed by atoms with Crippen molar-refractivity contribution in [1.29, 1.82) is 5.26 Å². The van der Waals surface area contributed by atoms with Crippen molar-refractivity contribution in [1.82, 2.24) is 9.97 Å². The van der Waals surface area contributed by atoms with Crippen molar-refractivity contribution < 1.29 is 0 Å². The number of pyridine rings is 2. The smallest absolute Gasteiger partial charge is 0.145 e. The summed E-state index contributed by atoms with van der Waals surface area (Å²) in [4.78, 5) is 8.04. The van der Waals surface area contributed by atoms with Crippen LogP contribution in [-0.4, -0.2) is 9.97 Å². The van der Waals surface area contributed by atoms with Crippen molar-refractivity contribution in [3.63, 3.8) is 0 Å². The minimum atomic E-state index is 0.227. The lowest BCUT2D eigenvalue weighted by atomic mass is 10.1. The quantitative estimate of drug-likeness (QED) is 0.897. The fraction of sp³-hybridized carbons (Fsp3) is 0.154. The van der Waals surface area contributed by atoms with Gasteiger partial charge >= 0.3 is 0 Å². The van der Waals surface area contributed by atoms with Gasteiger partial charge in [-0.15, -0.1) is 0 Å². The van der Waals surface area contributed by atoms with Gasteiger partial charge in [-0.2, -0.15) is 5.26 Å². The number of rotatable bonds is 3. The lowest BCUT2D eigenvalue weighted by molar-refractivity contribution is 1.09. The molecule has 0 amide bonds. The van der Waals surface area contributed by atoms with Crippen molar-refractivity contribution in [2.24, 2.45) is 0 Å². The van der Waals surface area contributed by atoms with Gasteiger partial charge in [0.05, 0.1) is 10.6 Å². The molecule has 0 unspecified atom stereocenters. The van der Waals surface area contributed by atoms with E-state index in [-0.39, 0.29) is 5.82 Å². The Morgan fingerprint density at radius 2 is 2.11 bits per heavy atom. The van der Waals surface area contributed by atoms with E-state index in [1.807, 2.05) is 19.1 Å². The zero-order valence-electron chi connectivity index (χ0n) is 10.3. The number of hydrogen-bond donors (Lipinski definition) is 2. The number of aromatic nitrogens is 2. The van der Waals surface area contributed by atoms with E-state index >= 15 is 0 Å². The Bertz CT molecular complexity index is 648. The topological polar surface area (TPSA) is 87.6 Å². The Labute approximate surface area is 116 Å². The minimum absolute atomic E-state index is 0.227. The van der Waals surface area contributed by atoms with Crippen LogP contribution in [0.15, 0.2) is 24.5 Å². The van der Waals surface area contributed by atoms with Crippen LogP contribution in [0.2, 0.25) is 5.02 Å². The molecule has 5 nitrogen and oxygen atoms in total. The van der Waals surface area contributed by atoms with Gasteiger partial charge in [0.15, 0.2) is 0 Å². The van der Waals surface area contributed by atoms with E-state index in [2.05, 4.69) is 15.3 Å². The molecule has 2 aromatic heterocycles. The number of nitrogen functional groups attached to an aromatic ring is 1. The van der Waals surface area contributed by atoms with Crippen LogP contribution in [0, 0.1) is 18.3 Å². The van der Waals surface area contributed by atoms with Gasteiger partial charge in [-0.05, 0) is 30.2 Å². The normalized spacial score (nSPS) is 9.95. The van der Waals surface area contributed by atoms with Crippen molar-refractivity contribution in [2.45, 2.75) is 13.5 Å². The summed E-state index contributed by atoms with van der Waals surface area (Å²) >= 11 is 6.14. The van der Waals surface area contributed by atoms with Crippen LogP contribution in [0.3, 0.4) is 0 Å². The van der Waals surface area contributed by atoms with Gasteiger partial charge in [0.25, 0.3) is 0 Å². The van der Waals surface area contributed by atoms with Gasteiger partial charge in [-0.3, -0.25) is 0 Å². The first-order chi connectivity index (χ1) is 9.13. The molecule has 0 aliphatic heterocycles. The summed E-state index contributed by atoms with van der Waals surface area (Å²) in [7, 11) is 0. The summed E-state index contributed by atoms with van der Waals surface area (Å²) in [6, 6.07) is 5.62. The van der Waals surface area contributed by atoms with Crippen LogP contribution in [0.1, 0.15) is 16.7 Å². The predicted octanol–water partition coefficient (Wildman–Crippen LogP) is 2.50. The predicted molar refractivity (Wildman–Crippen MR) is 74.7 cm³/mol. The van der Waals surface area contributed by atoms with Crippen LogP contribution in [-0.2, 0) is 6.54 Å². The molecule has 0 radical (unpaired) electrons. The van der Waals surface area contributed by atoms with Crippen molar-refractivity contribution >= 4 is 23.2 Å². The summed E-state index contributed by atoms with van der Waals surface area (Å²) in [5.74, 6) is 0.811. The van der Waals surface area contributed by atoms with Crippen molar-refractivity contribution in [3.8, 4) is 6.07 Å². The van der Waals surface area contributed by atoms with Gasteiger partial charge < -0.3 is 11.1 Å². The third-order valence-electron chi connectivity index (χ3n) is 2.71. The molecule has 19 heavy (non-hydrogen) atoms. The van der Waals surface area contributed by atoms with E-state index in [0.717, 1.165) is 11.1 Å². The molecule has 2 rings (SSSR count). The second-order valence-corrected chi connectivity index (χ2v) is 4.36. The standard InChI is InChI=1S/C13H12ClN5/c1-8-2-4-18-13(11(8)14)19-7-9-3-5-17-12(16)10(9)6-15/h2-5H,7H2,1H3,(H2,16,17)(H,18,19). The Kier molecular flexibility index (Phi) is 3.83. The van der Waals surface area contributed by atoms with Gasteiger partial charge in [0.1, 0.15) is 17.7 Å². The fourth-order valence-corrected chi connectivity index (χ4v) is 1.82. The molecule has 2 aromatic rings. The molecular formula is C13H12ClN5. The van der Waals surface area contributed by atoms with E-state index in [0.29, 0.717) is 22.9 Å². The zero-order chi connectivity index (χ0) is 13.8. The molecular weight excluding hydrogens is 262 g/mol. The average molecular weight is 274 g/mol. The van der Waals surface area contributed by atoms with E-state index in [1.165, 1.54) is 0 Å². The van der Waals surface area contributed by atoms with E-state index in [4.69, 9.17) is 22.6 Å². The maximum Gasteiger partial charge on any atom is 0.145 e. The van der Waals surface area contributed by atoms with E-state index in [1.54, 1.807) is 18.5 Å². The van der Waals surface area contributed by atoms with Gasteiger partial charge in [0, 0.05) is 18.9 Å². The molecule has 0 aliphatic carbocycles. The van der Waals surface area contributed by atoms with E-state index < -0.39 is 0 Å². The van der Waals surface area contributed by atoms with Gasteiger partial charge in [0.2, 0.25) is 0 Å². The third-order valence-corrected chi connectivity index (χ3v) is 3.18. The molecule has 2 heterocycles. The number of nitrogens with one attached hydrogen (secondary N) is 1. The van der Waals surface area contributed by atoms with Gasteiger partial charge in [-0.1, -0.05) is 11.6 Å². The molecule has 0 aliphatic rings. The minimum Gasteiger partial charge on any atom is -0.383 e. The van der Waals surface area contributed by atoms with Gasteiger partial charge in [-0.25, -0.2) is 9.97 Å². The molecule has 0 saturated heterocycles. The Balaban J connectivity index is 2.22.